The van der Waals surface area contributed by atoms with Crippen LogP contribution in [0.15, 0.2) is 206 Å². The molecule has 102 heavy (non-hydrogen) atoms. The molecule has 16 heteroatoms. The van der Waals surface area contributed by atoms with Gasteiger partial charge in [-0.3, -0.25) is 0 Å². The molecule has 4 aromatic heterocycles. The summed E-state index contributed by atoms with van der Waals surface area (Å²) >= 11 is 0. The highest BCUT2D eigenvalue weighted by Crippen LogP contribution is 2.52. The van der Waals surface area contributed by atoms with Crippen molar-refractivity contribution in [1.29, 1.82) is 5.26 Å². The lowest BCUT2D eigenvalue weighted by Crippen LogP contribution is -2.14. The van der Waals surface area contributed by atoms with Crippen LogP contribution in [0.5, 0.6) is 0 Å². The van der Waals surface area contributed by atoms with Crippen molar-refractivity contribution >= 4 is 98.6 Å². The standard InChI is InChI=1S/C43H29F6N3.C43H29F3N4/c1-23-9-13-35-27(17-23)28-18-24(2)10-14-36(28)51(35)39-22-33(43(47,48)49)40(21-31(39)41-32(42(44,45)46)7-6-8-34(41)50-5)52-37-15-11-25(3)19-29(37)30-20-26(4)12-16-38(30)52;1-24-9-13-36-29(17-24)30-18-25(2)10-14-37(30)49(36)40-22-33(42-34(43(44,45)46)7-6-8-35(42)48-5)41(21-28(40)23-47)50-38-15-11-26(3)19-31(38)32-20-27(4)12-16-39(32)50/h6-22H,1-4H3;6-22H,1-4H3. The second-order valence-electron chi connectivity index (χ2n) is 26.5. The quantitative estimate of drug-likeness (QED) is 0.121. The van der Waals surface area contributed by atoms with Gasteiger partial charge in [0.15, 0.2) is 11.4 Å². The number of alkyl halides is 9. The van der Waals surface area contributed by atoms with Gasteiger partial charge in [0.1, 0.15) is 6.07 Å². The summed E-state index contributed by atoms with van der Waals surface area (Å²) in [7, 11) is 0. The molecule has 0 saturated carbocycles. The first-order valence-corrected chi connectivity index (χ1v) is 32.7. The summed E-state index contributed by atoms with van der Waals surface area (Å²) in [6.07, 6.45) is -14.6. The minimum absolute atomic E-state index is 0.127. The van der Waals surface area contributed by atoms with Crippen molar-refractivity contribution < 1.29 is 39.5 Å². The second-order valence-corrected chi connectivity index (χ2v) is 26.5. The van der Waals surface area contributed by atoms with E-state index in [1.165, 1.54) is 28.8 Å². The van der Waals surface area contributed by atoms with Crippen molar-refractivity contribution in [3.05, 3.63) is 296 Å². The van der Waals surface area contributed by atoms with Crippen LogP contribution in [0, 0.1) is 79.9 Å². The molecule has 0 aliphatic heterocycles. The fraction of sp³-hybridized carbons (Fsp3) is 0.128. The average Bonchev–Trinajstić information content (AvgIpc) is 1.49. The largest absolute Gasteiger partial charge is 0.418 e. The van der Waals surface area contributed by atoms with Gasteiger partial charge in [-0.05, 0) is 188 Å². The fourth-order valence-electron chi connectivity index (χ4n) is 15.0. The fourth-order valence-corrected chi connectivity index (χ4v) is 15.0. The lowest BCUT2D eigenvalue weighted by atomic mass is 9.93. The van der Waals surface area contributed by atoms with Gasteiger partial charge in [0.2, 0.25) is 0 Å². The Morgan fingerprint density at radius 3 is 0.794 bits per heavy atom. The predicted molar refractivity (Wildman–Crippen MR) is 391 cm³/mol. The zero-order chi connectivity index (χ0) is 71.9. The van der Waals surface area contributed by atoms with Gasteiger partial charge in [0.25, 0.3) is 0 Å². The zero-order valence-electron chi connectivity index (χ0n) is 56.2. The van der Waals surface area contributed by atoms with Crippen LogP contribution in [0.2, 0.25) is 0 Å². The zero-order valence-corrected chi connectivity index (χ0v) is 56.2. The molecule has 500 valence electrons. The number of nitriles is 1. The summed E-state index contributed by atoms with van der Waals surface area (Å²) in [5.74, 6) is 0. The Labute approximate surface area is 579 Å². The molecule has 0 saturated heterocycles. The van der Waals surface area contributed by atoms with Gasteiger partial charge in [-0.1, -0.05) is 129 Å². The lowest BCUT2D eigenvalue weighted by molar-refractivity contribution is -0.138. The highest BCUT2D eigenvalue weighted by molar-refractivity contribution is 6.14. The summed E-state index contributed by atoms with van der Waals surface area (Å²) in [5, 5.41) is 17.6. The van der Waals surface area contributed by atoms with Gasteiger partial charge in [-0.25, -0.2) is 9.69 Å². The number of halogens is 9. The summed E-state index contributed by atoms with van der Waals surface area (Å²) in [5.41, 5.74) is 9.44. The number of rotatable bonds is 6. The molecule has 16 aromatic rings. The molecule has 0 N–H and O–H groups in total. The third kappa shape index (κ3) is 10.7. The maximum atomic E-state index is 15.6. The number of aromatic nitrogens is 4. The SMILES string of the molecule is [C-]#[N+]c1cccc(C(F)(F)F)c1-c1cc(-n2c3ccc(C)cc3c3cc(C)ccc32)c(C#N)cc1-n1c2ccc(C)cc2c2cc(C)ccc21.[C-]#[N+]c1cccc(C(F)(F)F)c1-c1cc(-n2c3ccc(C)cc3c3cc(C)ccc32)c(C(F)(F)F)cc1-n1c2ccc(C)cc2c2cc(C)ccc21. The van der Waals surface area contributed by atoms with Crippen molar-refractivity contribution in [2.75, 3.05) is 0 Å². The topological polar surface area (TPSA) is 52.2 Å². The van der Waals surface area contributed by atoms with E-state index in [1.54, 1.807) is 53.1 Å². The molecule has 0 spiro atoms. The van der Waals surface area contributed by atoms with E-state index in [2.05, 4.69) is 40.0 Å². The van der Waals surface area contributed by atoms with E-state index >= 15 is 13.2 Å². The molecule has 0 atom stereocenters. The average molecular weight is 1360 g/mol. The maximum Gasteiger partial charge on any atom is 0.418 e. The van der Waals surface area contributed by atoms with Crippen molar-refractivity contribution in [2.45, 2.75) is 73.9 Å². The minimum atomic E-state index is -4.93. The first-order chi connectivity index (χ1) is 48.6. The van der Waals surface area contributed by atoms with E-state index < -0.39 is 40.8 Å². The third-order valence-corrected chi connectivity index (χ3v) is 19.4. The molecule has 0 aliphatic carbocycles. The molecular formula is C86H58F9N7. The Hall–Kier alpha value is -12.3. The number of hydrogen-bond donors (Lipinski definition) is 0. The monoisotopic (exact) mass is 1360 g/mol. The first kappa shape index (κ1) is 65.6. The molecule has 12 aromatic carbocycles. The van der Waals surface area contributed by atoms with E-state index in [9.17, 15) is 31.6 Å². The summed E-state index contributed by atoms with van der Waals surface area (Å²) in [4.78, 5) is 7.10. The van der Waals surface area contributed by atoms with Crippen LogP contribution in [-0.4, -0.2) is 18.3 Å². The second kappa shape index (κ2) is 24.0. The summed E-state index contributed by atoms with van der Waals surface area (Å²) in [6.45, 7) is 31.6. The predicted octanol–water partition coefficient (Wildman–Crippen LogP) is 25.6. The van der Waals surface area contributed by atoms with Crippen LogP contribution in [-0.2, 0) is 18.5 Å². The highest BCUT2D eigenvalue weighted by Gasteiger charge is 2.41. The molecule has 0 aliphatic rings. The van der Waals surface area contributed by atoms with Crippen LogP contribution in [0.4, 0.5) is 50.9 Å². The third-order valence-electron chi connectivity index (χ3n) is 19.4. The number of aryl methyl sites for hydroxylation is 8. The van der Waals surface area contributed by atoms with Crippen LogP contribution in [0.3, 0.4) is 0 Å². The van der Waals surface area contributed by atoms with Crippen molar-refractivity contribution in [1.82, 2.24) is 18.3 Å². The highest BCUT2D eigenvalue weighted by atomic mass is 19.4. The summed E-state index contributed by atoms with van der Waals surface area (Å²) in [6, 6.07) is 60.9. The molecule has 7 nitrogen and oxygen atoms in total. The molecule has 4 heterocycles. The summed E-state index contributed by atoms with van der Waals surface area (Å²) < 4.78 is 144. The number of nitrogens with zero attached hydrogens (tertiary/aromatic N) is 7. The Balaban J connectivity index is 0.000000165. The minimum Gasteiger partial charge on any atom is -0.309 e. The van der Waals surface area contributed by atoms with Crippen molar-refractivity contribution in [2.24, 2.45) is 0 Å². The van der Waals surface area contributed by atoms with E-state index in [-0.39, 0.29) is 45.0 Å². The molecule has 16 rings (SSSR count). The van der Waals surface area contributed by atoms with Gasteiger partial charge in [0.05, 0.1) is 102 Å². The molecule has 0 amide bonds. The Morgan fingerprint density at radius 2 is 0.539 bits per heavy atom. The molecule has 0 radical (unpaired) electrons. The lowest BCUT2D eigenvalue weighted by Gasteiger charge is -2.24. The molecular weight excluding hydrogens is 1300 g/mol. The normalized spacial score (nSPS) is 12.1. The number of hydrogen-bond acceptors (Lipinski definition) is 1. The number of benzene rings is 12. The van der Waals surface area contributed by atoms with E-state index in [4.69, 9.17) is 13.1 Å². The first-order valence-electron chi connectivity index (χ1n) is 32.7. The Morgan fingerprint density at radius 1 is 0.294 bits per heavy atom. The van der Waals surface area contributed by atoms with Gasteiger partial charge in [-0.15, -0.1) is 0 Å². The van der Waals surface area contributed by atoms with Gasteiger partial charge in [-0.2, -0.15) is 44.8 Å². The van der Waals surface area contributed by atoms with Gasteiger partial charge < -0.3 is 18.3 Å². The number of fused-ring (bicyclic) bond motifs is 12. The van der Waals surface area contributed by atoms with E-state index in [1.807, 2.05) is 149 Å². The van der Waals surface area contributed by atoms with Crippen LogP contribution >= 0.6 is 0 Å². The molecule has 0 fully saturated rings. The Bertz CT molecular complexity index is 6180. The van der Waals surface area contributed by atoms with Crippen LogP contribution in [0.1, 0.15) is 66.8 Å². The van der Waals surface area contributed by atoms with Crippen LogP contribution < -0.4 is 0 Å². The maximum absolute atomic E-state index is 15.6. The van der Waals surface area contributed by atoms with E-state index in [0.29, 0.717) is 44.2 Å². The Kier molecular flexibility index (Phi) is 15.4. The van der Waals surface area contributed by atoms with Crippen molar-refractivity contribution in [3.63, 3.8) is 0 Å². The van der Waals surface area contributed by atoms with Crippen molar-refractivity contribution in [3.8, 4) is 51.1 Å². The van der Waals surface area contributed by atoms with Gasteiger partial charge >= 0.3 is 18.5 Å². The molecule has 0 bridgehead atoms. The smallest absolute Gasteiger partial charge is 0.309 e. The molecule has 0 unspecified atom stereocenters. The van der Waals surface area contributed by atoms with Gasteiger partial charge in [0, 0.05) is 54.2 Å². The van der Waals surface area contributed by atoms with E-state index in [0.717, 1.165) is 123 Å². The van der Waals surface area contributed by atoms with Crippen LogP contribution in [0.25, 0.3) is 142 Å².